The number of carbonyl (C=O) groups excluding carboxylic acids is 1. The highest BCUT2D eigenvalue weighted by Gasteiger charge is 2.27. The van der Waals surface area contributed by atoms with Gasteiger partial charge >= 0.3 is 0 Å². The number of amides is 1. The third kappa shape index (κ3) is 3.20. The van der Waals surface area contributed by atoms with Crippen LogP contribution >= 0.6 is 11.8 Å². The number of nitrogens with one attached hydrogen (secondary N) is 1. The second-order valence-corrected chi connectivity index (χ2v) is 6.14. The van der Waals surface area contributed by atoms with E-state index in [4.69, 9.17) is 10.5 Å². The fourth-order valence-corrected chi connectivity index (χ4v) is 3.69. The molecular weight excluding hydrogens is 272 g/mol. The van der Waals surface area contributed by atoms with Gasteiger partial charge in [-0.15, -0.1) is 0 Å². The average Bonchev–Trinajstić information content (AvgIpc) is 2.47. The van der Waals surface area contributed by atoms with Crippen molar-refractivity contribution >= 4 is 23.4 Å². The van der Waals surface area contributed by atoms with Gasteiger partial charge in [0.15, 0.2) is 5.75 Å². The Morgan fingerprint density at radius 2 is 2.15 bits per heavy atom. The molecule has 0 spiro atoms. The standard InChI is InChI=1S/C15H22N2O2S/c1-19-14-10(6-5-7-11(14)16)15(18)17-12-8-3-4-9-13(12)20-2/h5-7,12-13H,3-4,8-9,16H2,1-2H3,(H,17,18). The van der Waals surface area contributed by atoms with Gasteiger partial charge in [-0.2, -0.15) is 11.8 Å². The topological polar surface area (TPSA) is 64.3 Å². The van der Waals surface area contributed by atoms with E-state index in [1.807, 2.05) is 11.8 Å². The van der Waals surface area contributed by atoms with Crippen LogP contribution in [0.4, 0.5) is 5.69 Å². The minimum atomic E-state index is -0.0971. The van der Waals surface area contributed by atoms with Crippen molar-refractivity contribution in [2.75, 3.05) is 19.1 Å². The fraction of sp³-hybridized carbons (Fsp3) is 0.533. The van der Waals surface area contributed by atoms with E-state index < -0.39 is 0 Å². The number of methoxy groups -OCH3 is 1. The molecule has 1 saturated carbocycles. The zero-order chi connectivity index (χ0) is 14.5. The van der Waals surface area contributed by atoms with Crippen LogP contribution in [0.1, 0.15) is 36.0 Å². The van der Waals surface area contributed by atoms with E-state index in [1.165, 1.54) is 26.4 Å². The summed E-state index contributed by atoms with van der Waals surface area (Å²) in [6, 6.07) is 5.50. The summed E-state index contributed by atoms with van der Waals surface area (Å²) in [4.78, 5) is 12.5. The maximum Gasteiger partial charge on any atom is 0.255 e. The van der Waals surface area contributed by atoms with Crippen molar-refractivity contribution in [3.05, 3.63) is 23.8 Å². The monoisotopic (exact) mass is 294 g/mol. The molecule has 110 valence electrons. The summed E-state index contributed by atoms with van der Waals surface area (Å²) >= 11 is 1.83. The Bertz CT molecular complexity index is 479. The van der Waals surface area contributed by atoms with Crippen LogP contribution in [0.25, 0.3) is 0 Å². The summed E-state index contributed by atoms with van der Waals surface area (Å²) in [6.07, 6.45) is 6.74. The van der Waals surface area contributed by atoms with Gasteiger partial charge in [0.2, 0.25) is 0 Å². The first kappa shape index (κ1) is 15.0. The molecule has 5 heteroatoms. The summed E-state index contributed by atoms with van der Waals surface area (Å²) in [6.45, 7) is 0. The molecule has 0 radical (unpaired) electrons. The van der Waals surface area contributed by atoms with E-state index in [-0.39, 0.29) is 11.9 Å². The normalized spacial score (nSPS) is 22.3. The number of benzene rings is 1. The molecule has 1 aliphatic rings. The SMILES string of the molecule is COc1c(N)cccc1C(=O)NC1CCCCC1SC. The van der Waals surface area contributed by atoms with Crippen LogP contribution in [0.3, 0.4) is 0 Å². The summed E-state index contributed by atoms with van der Waals surface area (Å²) in [5, 5.41) is 3.64. The Morgan fingerprint density at radius 3 is 2.85 bits per heavy atom. The van der Waals surface area contributed by atoms with Crippen molar-refractivity contribution in [3.8, 4) is 5.75 Å². The zero-order valence-corrected chi connectivity index (χ0v) is 12.8. The lowest BCUT2D eigenvalue weighted by Crippen LogP contribution is -2.43. The summed E-state index contributed by atoms with van der Waals surface area (Å²) in [5.41, 5.74) is 6.85. The molecule has 1 aromatic carbocycles. The van der Waals surface area contributed by atoms with Crippen molar-refractivity contribution in [1.82, 2.24) is 5.32 Å². The van der Waals surface area contributed by atoms with Gasteiger partial charge in [0, 0.05) is 11.3 Å². The summed E-state index contributed by atoms with van der Waals surface area (Å²) in [7, 11) is 1.54. The number of nitrogen functional groups attached to an aromatic ring is 1. The maximum atomic E-state index is 12.5. The van der Waals surface area contributed by atoms with E-state index in [0.717, 1.165) is 6.42 Å². The Labute approximate surface area is 124 Å². The van der Waals surface area contributed by atoms with Crippen molar-refractivity contribution in [1.29, 1.82) is 0 Å². The number of hydrogen-bond donors (Lipinski definition) is 2. The third-order valence-corrected chi connectivity index (χ3v) is 4.99. The van der Waals surface area contributed by atoms with E-state index in [2.05, 4.69) is 11.6 Å². The Hall–Kier alpha value is -1.36. The van der Waals surface area contributed by atoms with E-state index in [9.17, 15) is 4.79 Å². The number of carbonyl (C=O) groups is 1. The summed E-state index contributed by atoms with van der Waals surface area (Å²) < 4.78 is 5.25. The molecular formula is C15H22N2O2S. The lowest BCUT2D eigenvalue weighted by Gasteiger charge is -2.31. The van der Waals surface area contributed by atoms with Gasteiger partial charge < -0.3 is 15.8 Å². The highest BCUT2D eigenvalue weighted by Crippen LogP contribution is 2.29. The van der Waals surface area contributed by atoms with Crippen LogP contribution in [0.5, 0.6) is 5.75 Å². The van der Waals surface area contributed by atoms with Crippen molar-refractivity contribution in [2.45, 2.75) is 37.0 Å². The molecule has 2 rings (SSSR count). The largest absolute Gasteiger partial charge is 0.494 e. The molecule has 1 aromatic rings. The van der Waals surface area contributed by atoms with Gasteiger partial charge in [0.25, 0.3) is 5.91 Å². The first-order valence-corrected chi connectivity index (χ1v) is 8.22. The number of hydrogen-bond acceptors (Lipinski definition) is 4. The number of nitrogens with two attached hydrogens (primary N) is 1. The van der Waals surface area contributed by atoms with Crippen molar-refractivity contribution < 1.29 is 9.53 Å². The first-order chi connectivity index (χ1) is 9.67. The minimum absolute atomic E-state index is 0.0971. The molecule has 3 N–H and O–H groups in total. The van der Waals surface area contributed by atoms with Crippen molar-refractivity contribution in [2.24, 2.45) is 0 Å². The van der Waals surface area contributed by atoms with E-state index in [1.54, 1.807) is 18.2 Å². The van der Waals surface area contributed by atoms with Gasteiger partial charge in [-0.3, -0.25) is 4.79 Å². The molecule has 0 aromatic heterocycles. The molecule has 1 fully saturated rings. The molecule has 2 atom stereocenters. The third-order valence-electron chi connectivity index (χ3n) is 3.82. The maximum absolute atomic E-state index is 12.5. The highest BCUT2D eigenvalue weighted by atomic mass is 32.2. The van der Waals surface area contributed by atoms with Gasteiger partial charge in [-0.1, -0.05) is 18.9 Å². The Balaban J connectivity index is 2.13. The van der Waals surface area contributed by atoms with E-state index >= 15 is 0 Å². The second kappa shape index (κ2) is 6.88. The Kier molecular flexibility index (Phi) is 5.17. The minimum Gasteiger partial charge on any atom is -0.494 e. The average molecular weight is 294 g/mol. The highest BCUT2D eigenvalue weighted by molar-refractivity contribution is 7.99. The van der Waals surface area contributed by atoms with Gasteiger partial charge in [-0.25, -0.2) is 0 Å². The van der Waals surface area contributed by atoms with Crippen LogP contribution < -0.4 is 15.8 Å². The van der Waals surface area contributed by atoms with Crippen LogP contribution in [0.15, 0.2) is 18.2 Å². The lowest BCUT2D eigenvalue weighted by atomic mass is 9.94. The zero-order valence-electron chi connectivity index (χ0n) is 12.0. The molecule has 1 aliphatic carbocycles. The lowest BCUT2D eigenvalue weighted by molar-refractivity contribution is 0.0926. The predicted octanol–water partition coefficient (Wildman–Crippen LogP) is 2.68. The molecule has 0 saturated heterocycles. The van der Waals surface area contributed by atoms with Crippen LogP contribution in [-0.2, 0) is 0 Å². The molecule has 20 heavy (non-hydrogen) atoms. The molecule has 4 nitrogen and oxygen atoms in total. The molecule has 0 heterocycles. The Morgan fingerprint density at radius 1 is 1.40 bits per heavy atom. The quantitative estimate of drug-likeness (QED) is 0.838. The van der Waals surface area contributed by atoms with Crippen LogP contribution in [0.2, 0.25) is 0 Å². The number of para-hydroxylation sites is 1. The van der Waals surface area contributed by atoms with Gasteiger partial charge in [-0.05, 0) is 31.2 Å². The van der Waals surface area contributed by atoms with Crippen LogP contribution in [0, 0.1) is 0 Å². The van der Waals surface area contributed by atoms with Gasteiger partial charge in [0.1, 0.15) is 0 Å². The van der Waals surface area contributed by atoms with E-state index in [0.29, 0.717) is 22.3 Å². The number of ether oxygens (including phenoxy) is 1. The van der Waals surface area contributed by atoms with Crippen LogP contribution in [-0.4, -0.2) is 30.6 Å². The number of anilines is 1. The second-order valence-electron chi connectivity index (χ2n) is 5.07. The number of rotatable bonds is 4. The number of thioether (sulfide) groups is 1. The fourth-order valence-electron chi connectivity index (χ4n) is 2.75. The smallest absolute Gasteiger partial charge is 0.255 e. The van der Waals surface area contributed by atoms with Gasteiger partial charge in [0.05, 0.1) is 18.4 Å². The first-order valence-electron chi connectivity index (χ1n) is 6.93. The molecule has 0 bridgehead atoms. The predicted molar refractivity (Wildman–Crippen MR) is 84.4 cm³/mol. The molecule has 0 aliphatic heterocycles. The van der Waals surface area contributed by atoms with Crippen molar-refractivity contribution in [3.63, 3.8) is 0 Å². The molecule has 2 unspecified atom stereocenters. The molecule has 1 amide bonds. The summed E-state index contributed by atoms with van der Waals surface area (Å²) in [5.74, 6) is 0.363.